The van der Waals surface area contributed by atoms with Gasteiger partial charge in [-0.15, -0.1) is 0 Å². The van der Waals surface area contributed by atoms with Crippen LogP contribution in [0.1, 0.15) is 36.0 Å². The van der Waals surface area contributed by atoms with Crippen LogP contribution in [0.5, 0.6) is 0 Å². The van der Waals surface area contributed by atoms with Gasteiger partial charge in [0.1, 0.15) is 0 Å². The number of carbonyl (C=O) groups excluding carboxylic acids is 2. The molecule has 0 radical (unpaired) electrons. The summed E-state index contributed by atoms with van der Waals surface area (Å²) in [6, 6.07) is 6.45. The van der Waals surface area contributed by atoms with Gasteiger partial charge < -0.3 is 15.4 Å². The van der Waals surface area contributed by atoms with Crippen LogP contribution in [0, 0.1) is 0 Å². The monoisotopic (exact) mass is 276 g/mol. The van der Waals surface area contributed by atoms with Crippen LogP contribution < -0.4 is 5.73 Å². The molecule has 2 rings (SSSR count). The van der Waals surface area contributed by atoms with E-state index in [2.05, 4.69) is 0 Å². The van der Waals surface area contributed by atoms with Crippen molar-refractivity contribution in [2.75, 3.05) is 25.4 Å². The average molecular weight is 276 g/mol. The van der Waals surface area contributed by atoms with Gasteiger partial charge in [-0.2, -0.15) is 0 Å². The van der Waals surface area contributed by atoms with Crippen molar-refractivity contribution in [2.45, 2.75) is 25.7 Å². The predicted molar refractivity (Wildman–Crippen MR) is 76.2 cm³/mol. The van der Waals surface area contributed by atoms with Crippen LogP contribution in [0.25, 0.3) is 0 Å². The van der Waals surface area contributed by atoms with E-state index in [-0.39, 0.29) is 12.5 Å². The maximum atomic E-state index is 12.0. The average Bonchev–Trinajstić information content (AvgIpc) is 2.74. The molecule has 20 heavy (non-hydrogen) atoms. The van der Waals surface area contributed by atoms with Crippen LogP contribution in [-0.4, -0.2) is 36.5 Å². The van der Waals surface area contributed by atoms with Gasteiger partial charge in [0.25, 0.3) is 5.91 Å². The van der Waals surface area contributed by atoms with E-state index >= 15 is 0 Å². The lowest BCUT2D eigenvalue weighted by Gasteiger charge is -2.19. The molecule has 108 valence electrons. The highest BCUT2D eigenvalue weighted by atomic mass is 16.5. The summed E-state index contributed by atoms with van der Waals surface area (Å²) in [5.41, 5.74) is 6.54. The minimum absolute atomic E-state index is 0.115. The Hall–Kier alpha value is -2.04. The molecule has 0 unspecified atom stereocenters. The van der Waals surface area contributed by atoms with Crippen LogP contribution in [-0.2, 0) is 9.53 Å². The Bertz CT molecular complexity index is 463. The molecule has 0 aliphatic carbocycles. The molecule has 1 fully saturated rings. The number of ether oxygens (including phenoxy) is 1. The zero-order valence-corrected chi connectivity index (χ0v) is 11.5. The lowest BCUT2D eigenvalue weighted by Crippen LogP contribution is -2.35. The fraction of sp³-hybridized carbons (Fsp3) is 0.467. The smallest absolute Gasteiger partial charge is 0.338 e. The fourth-order valence-corrected chi connectivity index (χ4v) is 2.24. The Kier molecular flexibility index (Phi) is 4.98. The summed E-state index contributed by atoms with van der Waals surface area (Å²) in [5, 5.41) is 0. The van der Waals surface area contributed by atoms with Crippen molar-refractivity contribution >= 4 is 17.6 Å². The number of nitrogens with two attached hydrogens (primary N) is 1. The minimum Gasteiger partial charge on any atom is -0.452 e. The van der Waals surface area contributed by atoms with Gasteiger partial charge in [-0.25, -0.2) is 4.79 Å². The molecule has 0 saturated carbocycles. The second-order valence-electron chi connectivity index (χ2n) is 4.99. The number of esters is 1. The number of benzene rings is 1. The van der Waals surface area contributed by atoms with Gasteiger partial charge in [0, 0.05) is 18.8 Å². The van der Waals surface area contributed by atoms with E-state index in [1.807, 2.05) is 0 Å². The van der Waals surface area contributed by atoms with E-state index in [1.165, 1.54) is 0 Å². The van der Waals surface area contributed by atoms with E-state index in [0.717, 1.165) is 38.8 Å². The Morgan fingerprint density at radius 2 is 1.65 bits per heavy atom. The first-order chi connectivity index (χ1) is 9.66. The molecule has 0 spiro atoms. The van der Waals surface area contributed by atoms with E-state index in [0.29, 0.717) is 11.3 Å². The van der Waals surface area contributed by atoms with Gasteiger partial charge in [0.2, 0.25) is 0 Å². The summed E-state index contributed by atoms with van der Waals surface area (Å²) in [5.74, 6) is -0.608. The first-order valence-electron chi connectivity index (χ1n) is 6.97. The molecular formula is C15H20N2O3. The lowest BCUT2D eigenvalue weighted by atomic mass is 10.2. The molecule has 1 aliphatic heterocycles. The second kappa shape index (κ2) is 6.93. The highest BCUT2D eigenvalue weighted by Gasteiger charge is 2.17. The Morgan fingerprint density at radius 3 is 2.25 bits per heavy atom. The predicted octanol–water partition coefficient (Wildman–Crippen LogP) is 1.83. The number of hydrogen-bond donors (Lipinski definition) is 1. The molecule has 0 aromatic heterocycles. The summed E-state index contributed by atoms with van der Waals surface area (Å²) in [6.45, 7) is 1.33. The number of nitrogen functional groups attached to an aromatic ring is 1. The van der Waals surface area contributed by atoms with Gasteiger partial charge >= 0.3 is 5.97 Å². The SMILES string of the molecule is Nc1ccc(C(=O)OCC(=O)N2CCCCCC2)cc1. The number of nitrogens with zero attached hydrogens (tertiary/aromatic N) is 1. The lowest BCUT2D eigenvalue weighted by molar-refractivity contribution is -0.134. The maximum absolute atomic E-state index is 12.0. The number of likely N-dealkylation sites (tertiary alicyclic amines) is 1. The van der Waals surface area contributed by atoms with E-state index in [4.69, 9.17) is 10.5 Å². The van der Waals surface area contributed by atoms with Crippen molar-refractivity contribution in [3.05, 3.63) is 29.8 Å². The number of hydrogen-bond acceptors (Lipinski definition) is 4. The number of rotatable bonds is 3. The molecule has 1 saturated heterocycles. The van der Waals surface area contributed by atoms with Gasteiger partial charge in [-0.05, 0) is 37.1 Å². The largest absolute Gasteiger partial charge is 0.452 e. The molecule has 1 heterocycles. The number of carbonyl (C=O) groups is 2. The summed E-state index contributed by atoms with van der Waals surface area (Å²) in [6.07, 6.45) is 4.37. The number of amides is 1. The van der Waals surface area contributed by atoms with Crippen LogP contribution in [0.15, 0.2) is 24.3 Å². The molecular weight excluding hydrogens is 256 g/mol. The van der Waals surface area contributed by atoms with Crippen molar-refractivity contribution in [3.63, 3.8) is 0 Å². The summed E-state index contributed by atoms with van der Waals surface area (Å²) in [7, 11) is 0. The Labute approximate surface area is 118 Å². The highest BCUT2D eigenvalue weighted by Crippen LogP contribution is 2.10. The van der Waals surface area contributed by atoms with Crippen molar-refractivity contribution in [1.82, 2.24) is 4.90 Å². The Morgan fingerprint density at radius 1 is 1.05 bits per heavy atom. The highest BCUT2D eigenvalue weighted by molar-refractivity contribution is 5.91. The van der Waals surface area contributed by atoms with Crippen molar-refractivity contribution in [2.24, 2.45) is 0 Å². The third-order valence-corrected chi connectivity index (χ3v) is 3.43. The zero-order chi connectivity index (χ0) is 14.4. The molecule has 1 aliphatic rings. The third kappa shape index (κ3) is 3.98. The molecule has 2 N–H and O–H groups in total. The Balaban J connectivity index is 1.83. The molecule has 1 aromatic carbocycles. The summed E-state index contributed by atoms with van der Waals surface area (Å²) in [4.78, 5) is 25.5. The summed E-state index contributed by atoms with van der Waals surface area (Å²) < 4.78 is 5.05. The van der Waals surface area contributed by atoms with Gasteiger partial charge in [0.05, 0.1) is 5.56 Å². The summed E-state index contributed by atoms with van der Waals surface area (Å²) >= 11 is 0. The van der Waals surface area contributed by atoms with E-state index in [1.54, 1.807) is 29.2 Å². The standard InChI is InChI=1S/C15H20N2O3/c16-13-7-5-12(6-8-13)15(19)20-11-14(18)17-9-3-1-2-4-10-17/h5-8H,1-4,9-11,16H2. The van der Waals surface area contributed by atoms with E-state index in [9.17, 15) is 9.59 Å². The first-order valence-corrected chi connectivity index (χ1v) is 6.97. The van der Waals surface area contributed by atoms with Crippen LogP contribution in [0.4, 0.5) is 5.69 Å². The minimum atomic E-state index is -0.492. The molecule has 1 aromatic rings. The molecule has 1 amide bonds. The maximum Gasteiger partial charge on any atom is 0.338 e. The third-order valence-electron chi connectivity index (χ3n) is 3.43. The molecule has 5 nitrogen and oxygen atoms in total. The second-order valence-corrected chi connectivity index (χ2v) is 4.99. The van der Waals surface area contributed by atoms with Gasteiger partial charge in [-0.3, -0.25) is 4.79 Å². The number of anilines is 1. The van der Waals surface area contributed by atoms with Crippen molar-refractivity contribution in [3.8, 4) is 0 Å². The van der Waals surface area contributed by atoms with Gasteiger partial charge in [-0.1, -0.05) is 12.8 Å². The molecule has 5 heteroatoms. The zero-order valence-electron chi connectivity index (χ0n) is 11.5. The van der Waals surface area contributed by atoms with Crippen molar-refractivity contribution in [1.29, 1.82) is 0 Å². The molecule has 0 bridgehead atoms. The quantitative estimate of drug-likeness (QED) is 0.675. The fourth-order valence-electron chi connectivity index (χ4n) is 2.24. The van der Waals surface area contributed by atoms with Crippen LogP contribution in [0.2, 0.25) is 0 Å². The molecule has 0 atom stereocenters. The normalized spacial score (nSPS) is 15.5. The van der Waals surface area contributed by atoms with Crippen LogP contribution in [0.3, 0.4) is 0 Å². The van der Waals surface area contributed by atoms with Gasteiger partial charge in [0.15, 0.2) is 6.61 Å². The first kappa shape index (κ1) is 14.4. The van der Waals surface area contributed by atoms with E-state index < -0.39 is 5.97 Å². The van der Waals surface area contributed by atoms with Crippen LogP contribution >= 0.6 is 0 Å². The topological polar surface area (TPSA) is 72.6 Å². The van der Waals surface area contributed by atoms with Crippen molar-refractivity contribution < 1.29 is 14.3 Å².